The van der Waals surface area contributed by atoms with Crippen LogP contribution in [-0.4, -0.2) is 35.2 Å². The van der Waals surface area contributed by atoms with Gasteiger partial charge in [0.2, 0.25) is 0 Å². The van der Waals surface area contributed by atoms with Crippen molar-refractivity contribution in [2.75, 3.05) is 6.61 Å². The summed E-state index contributed by atoms with van der Waals surface area (Å²) in [4.78, 5) is 27.8. The van der Waals surface area contributed by atoms with Gasteiger partial charge in [-0.15, -0.1) is 0 Å². The van der Waals surface area contributed by atoms with Crippen LogP contribution in [0.25, 0.3) is 44.5 Å². The Morgan fingerprint density at radius 2 is 1.54 bits per heavy atom. The fourth-order valence-electron chi connectivity index (χ4n) is 5.67. The van der Waals surface area contributed by atoms with Gasteiger partial charge in [-0.1, -0.05) is 87.5 Å². The minimum absolute atomic E-state index is 0.164. The van der Waals surface area contributed by atoms with Crippen molar-refractivity contribution in [2.24, 2.45) is 0 Å². The standard InChI is InChI=1S/C38H34F3N4O2Si/c1-25(23-47-48(37(2,3)4)33-15-9-8-14-30(33)26-11-6-5-7-12-26)45-24-43-35-31(36(45)46)21-32(44-34(35)28-13-10-20-42-22-28)27-16-18-29(19-17-27)38(39,40)41/h5-22,24-25H,23H2,1-4H3. The largest absolute Gasteiger partial charge is 0.416 e. The highest BCUT2D eigenvalue weighted by Gasteiger charge is 2.34. The second-order valence-corrected chi connectivity index (χ2v) is 15.7. The Morgan fingerprint density at radius 3 is 2.21 bits per heavy atom. The van der Waals surface area contributed by atoms with Crippen molar-refractivity contribution in [3.8, 4) is 33.6 Å². The first-order valence-electron chi connectivity index (χ1n) is 15.6. The minimum atomic E-state index is -4.47. The van der Waals surface area contributed by atoms with Crippen molar-refractivity contribution < 1.29 is 17.6 Å². The highest BCUT2D eigenvalue weighted by Crippen LogP contribution is 2.34. The van der Waals surface area contributed by atoms with Crippen LogP contribution in [0.4, 0.5) is 13.2 Å². The van der Waals surface area contributed by atoms with Crippen molar-refractivity contribution >= 4 is 25.1 Å². The summed E-state index contributed by atoms with van der Waals surface area (Å²) in [5.74, 6) is 0. The first-order valence-corrected chi connectivity index (χ1v) is 17.0. The molecule has 0 N–H and O–H groups in total. The molecule has 0 aliphatic rings. The molecule has 3 heterocycles. The number of nitrogens with zero attached hydrogens (tertiary/aromatic N) is 4. The minimum Gasteiger partial charge on any atom is -0.409 e. The average molecular weight is 664 g/mol. The van der Waals surface area contributed by atoms with Crippen molar-refractivity contribution in [2.45, 2.75) is 45.0 Å². The number of halogens is 3. The molecule has 6 aromatic rings. The smallest absolute Gasteiger partial charge is 0.409 e. The summed E-state index contributed by atoms with van der Waals surface area (Å²) in [6, 6.07) is 28.1. The van der Waals surface area contributed by atoms with Gasteiger partial charge in [0.15, 0.2) is 0 Å². The van der Waals surface area contributed by atoms with Crippen molar-refractivity contribution in [3.63, 3.8) is 0 Å². The van der Waals surface area contributed by atoms with Gasteiger partial charge in [0.25, 0.3) is 14.6 Å². The summed E-state index contributed by atoms with van der Waals surface area (Å²) in [5.41, 5.74) is 3.40. The van der Waals surface area contributed by atoms with Crippen LogP contribution in [0.1, 0.15) is 39.3 Å². The van der Waals surface area contributed by atoms with Crippen molar-refractivity contribution in [1.82, 2.24) is 19.5 Å². The quantitative estimate of drug-likeness (QED) is 0.153. The van der Waals surface area contributed by atoms with E-state index in [9.17, 15) is 18.0 Å². The summed E-state index contributed by atoms with van der Waals surface area (Å²) in [6.45, 7) is 8.71. The van der Waals surface area contributed by atoms with Crippen LogP contribution in [-0.2, 0) is 10.6 Å². The van der Waals surface area contributed by atoms with Gasteiger partial charge in [-0.3, -0.25) is 14.3 Å². The monoisotopic (exact) mass is 663 g/mol. The first kappa shape index (κ1) is 33.0. The molecule has 3 aromatic heterocycles. The Bertz CT molecular complexity index is 2100. The molecule has 0 aliphatic heterocycles. The third-order valence-corrected chi connectivity index (χ3v) is 10.8. The lowest BCUT2D eigenvalue weighted by atomic mass is 10.0. The molecule has 0 amide bonds. The summed E-state index contributed by atoms with van der Waals surface area (Å²) in [7, 11) is -1.60. The average Bonchev–Trinajstić information content (AvgIpc) is 3.08. The highest BCUT2D eigenvalue weighted by atomic mass is 28.3. The molecule has 6 nitrogen and oxygen atoms in total. The summed E-state index contributed by atoms with van der Waals surface area (Å²) in [5, 5.41) is 1.29. The topological polar surface area (TPSA) is 69.9 Å². The van der Waals surface area contributed by atoms with Gasteiger partial charge in [0.1, 0.15) is 5.52 Å². The van der Waals surface area contributed by atoms with E-state index in [0.717, 1.165) is 28.4 Å². The van der Waals surface area contributed by atoms with Crippen molar-refractivity contribution in [1.29, 1.82) is 0 Å². The number of hydrogen-bond donors (Lipinski definition) is 0. The molecule has 0 fully saturated rings. The highest BCUT2D eigenvalue weighted by molar-refractivity contribution is 6.71. The fourth-order valence-corrected chi connectivity index (χ4v) is 8.20. The molecule has 0 saturated heterocycles. The molecular weight excluding hydrogens is 630 g/mol. The predicted octanol–water partition coefficient (Wildman–Crippen LogP) is 8.48. The van der Waals surface area contributed by atoms with Gasteiger partial charge in [-0.05, 0) is 58.6 Å². The van der Waals surface area contributed by atoms with Gasteiger partial charge in [0.05, 0.1) is 41.3 Å². The fraction of sp³-hybridized carbons (Fsp3) is 0.211. The van der Waals surface area contributed by atoms with E-state index in [2.05, 4.69) is 55.0 Å². The molecular formula is C38H34F3N4O2Si. The Balaban J connectivity index is 1.38. The lowest BCUT2D eigenvalue weighted by Gasteiger charge is -2.31. The summed E-state index contributed by atoms with van der Waals surface area (Å²) >= 11 is 0. The van der Waals surface area contributed by atoms with Gasteiger partial charge < -0.3 is 4.43 Å². The zero-order chi connectivity index (χ0) is 34.1. The van der Waals surface area contributed by atoms with Gasteiger partial charge in [0, 0.05) is 23.5 Å². The Morgan fingerprint density at radius 1 is 0.854 bits per heavy atom. The number of pyridine rings is 2. The van der Waals surface area contributed by atoms with E-state index in [0.29, 0.717) is 33.4 Å². The zero-order valence-corrected chi connectivity index (χ0v) is 28.0. The molecule has 48 heavy (non-hydrogen) atoms. The second kappa shape index (κ2) is 13.3. The van der Waals surface area contributed by atoms with E-state index in [1.807, 2.05) is 37.3 Å². The molecule has 0 saturated carbocycles. The molecule has 6 rings (SSSR count). The van der Waals surface area contributed by atoms with Crippen LogP contribution in [0.2, 0.25) is 5.04 Å². The van der Waals surface area contributed by atoms with Crippen LogP contribution in [0.5, 0.6) is 0 Å². The van der Waals surface area contributed by atoms with Crippen LogP contribution in [0, 0.1) is 0 Å². The zero-order valence-electron chi connectivity index (χ0n) is 27.0. The summed E-state index contributed by atoms with van der Waals surface area (Å²) in [6.07, 6.45) is 0.285. The van der Waals surface area contributed by atoms with Crippen molar-refractivity contribution in [3.05, 3.63) is 132 Å². The van der Waals surface area contributed by atoms with Gasteiger partial charge >= 0.3 is 6.18 Å². The van der Waals surface area contributed by atoms with E-state index in [-0.39, 0.29) is 23.2 Å². The molecule has 10 heteroatoms. The van der Waals surface area contributed by atoms with E-state index in [1.54, 1.807) is 35.2 Å². The van der Waals surface area contributed by atoms with E-state index in [1.165, 1.54) is 18.5 Å². The van der Waals surface area contributed by atoms with Crippen LogP contribution in [0.15, 0.2) is 121 Å². The Kier molecular flexibility index (Phi) is 9.13. The molecule has 1 unspecified atom stereocenters. The number of fused-ring (bicyclic) bond motifs is 1. The second-order valence-electron chi connectivity index (χ2n) is 12.7. The van der Waals surface area contributed by atoms with Crippen LogP contribution >= 0.6 is 0 Å². The predicted molar refractivity (Wildman–Crippen MR) is 185 cm³/mol. The number of alkyl halides is 3. The van der Waals surface area contributed by atoms with Gasteiger partial charge in [-0.25, -0.2) is 9.97 Å². The first-order chi connectivity index (χ1) is 22.9. The van der Waals surface area contributed by atoms with E-state index < -0.39 is 20.8 Å². The lowest BCUT2D eigenvalue weighted by Crippen LogP contribution is -2.44. The Labute approximate surface area is 278 Å². The number of rotatable bonds is 8. The molecule has 3 aromatic carbocycles. The molecule has 0 bridgehead atoms. The third kappa shape index (κ3) is 6.86. The maximum Gasteiger partial charge on any atom is 0.416 e. The number of hydrogen-bond acceptors (Lipinski definition) is 5. The molecule has 0 spiro atoms. The maximum absolute atomic E-state index is 14.2. The molecule has 0 aliphatic carbocycles. The van der Waals surface area contributed by atoms with Crippen LogP contribution in [0.3, 0.4) is 0 Å². The van der Waals surface area contributed by atoms with Gasteiger partial charge in [-0.2, -0.15) is 13.2 Å². The van der Waals surface area contributed by atoms with E-state index >= 15 is 0 Å². The normalized spacial score (nSPS) is 12.8. The molecule has 1 atom stereocenters. The maximum atomic E-state index is 14.2. The lowest BCUT2D eigenvalue weighted by molar-refractivity contribution is -0.137. The molecule has 243 valence electrons. The summed E-state index contributed by atoms with van der Waals surface area (Å²) < 4.78 is 48.1. The third-order valence-electron chi connectivity index (χ3n) is 8.09. The number of aromatic nitrogens is 4. The molecule has 1 radical (unpaired) electrons. The number of benzene rings is 3. The SMILES string of the molecule is CC(CO[Si](c1ccccc1-c1ccccc1)C(C)(C)C)n1cnc2c(-c3cccnc3)nc(-c3ccc(C(F)(F)F)cc3)cc2c1=O. The van der Waals surface area contributed by atoms with Crippen LogP contribution < -0.4 is 10.7 Å². The van der Waals surface area contributed by atoms with E-state index in [4.69, 9.17) is 9.41 Å². The Hall–Kier alpha value is -4.93.